The number of methoxy groups -OCH3 is 1. The number of carbonyl (C=O) groups is 1. The molecular formula is C17H18FNO3. The van der Waals surface area contributed by atoms with Crippen LogP contribution in [0.2, 0.25) is 0 Å². The molecule has 0 aliphatic carbocycles. The van der Waals surface area contributed by atoms with E-state index >= 15 is 0 Å². The third kappa shape index (κ3) is 3.83. The number of aliphatic hydroxyl groups excluding tert-OH is 1. The minimum atomic E-state index is -0.849. The zero-order valence-corrected chi connectivity index (χ0v) is 12.5. The highest BCUT2D eigenvalue weighted by molar-refractivity contribution is 5.94. The normalized spacial score (nSPS) is 11.8. The number of benzene rings is 2. The zero-order chi connectivity index (χ0) is 16.1. The maximum atomic E-state index is 13.2. The van der Waals surface area contributed by atoms with Gasteiger partial charge in [-0.1, -0.05) is 18.2 Å². The van der Waals surface area contributed by atoms with Gasteiger partial charge in [-0.05, 0) is 35.9 Å². The van der Waals surface area contributed by atoms with Crippen LogP contribution in [0.4, 0.5) is 4.39 Å². The van der Waals surface area contributed by atoms with Gasteiger partial charge in [-0.3, -0.25) is 4.79 Å². The highest BCUT2D eigenvalue weighted by Gasteiger charge is 2.17. The Morgan fingerprint density at radius 3 is 2.68 bits per heavy atom. The summed E-state index contributed by atoms with van der Waals surface area (Å²) in [5, 5.41) is 10.2. The van der Waals surface area contributed by atoms with Crippen LogP contribution in [0.3, 0.4) is 0 Å². The number of hydrogen-bond acceptors (Lipinski definition) is 3. The van der Waals surface area contributed by atoms with Crippen LogP contribution in [0.1, 0.15) is 22.0 Å². The van der Waals surface area contributed by atoms with E-state index in [1.165, 1.54) is 23.1 Å². The molecule has 1 atom stereocenters. The van der Waals surface area contributed by atoms with Crippen LogP contribution in [0, 0.1) is 5.82 Å². The summed E-state index contributed by atoms with van der Waals surface area (Å²) >= 11 is 0. The molecule has 0 aliphatic rings. The van der Waals surface area contributed by atoms with Crippen LogP contribution in [0.25, 0.3) is 0 Å². The molecule has 0 saturated carbocycles. The Labute approximate surface area is 128 Å². The number of likely N-dealkylation sites (N-methyl/N-ethyl adjacent to an activating group) is 1. The summed E-state index contributed by atoms with van der Waals surface area (Å²) in [5.41, 5.74) is 0.901. The van der Waals surface area contributed by atoms with E-state index in [0.717, 1.165) is 0 Å². The summed E-state index contributed by atoms with van der Waals surface area (Å²) in [6.07, 6.45) is -0.849. The molecule has 2 aromatic rings. The first kappa shape index (κ1) is 16.0. The van der Waals surface area contributed by atoms with Gasteiger partial charge in [0.1, 0.15) is 11.6 Å². The number of ether oxygens (including phenoxy) is 1. The largest absolute Gasteiger partial charge is 0.497 e. The molecule has 0 aromatic heterocycles. The van der Waals surface area contributed by atoms with E-state index in [1.807, 2.05) is 0 Å². The highest BCUT2D eigenvalue weighted by atomic mass is 19.1. The molecule has 1 unspecified atom stereocenters. The topological polar surface area (TPSA) is 49.8 Å². The lowest BCUT2D eigenvalue weighted by molar-refractivity contribution is 0.0680. The summed E-state index contributed by atoms with van der Waals surface area (Å²) in [4.78, 5) is 13.6. The van der Waals surface area contributed by atoms with Crippen molar-refractivity contribution in [1.82, 2.24) is 4.90 Å². The summed E-state index contributed by atoms with van der Waals surface area (Å²) in [7, 11) is 3.11. The third-order valence-corrected chi connectivity index (χ3v) is 3.34. The standard InChI is InChI=1S/C17H18FNO3/c1-19(17(21)13-6-3-7-14(18)9-13)11-16(20)12-5-4-8-15(10-12)22-2/h3-10,16,20H,11H2,1-2H3. The van der Waals surface area contributed by atoms with Crippen molar-refractivity contribution in [1.29, 1.82) is 0 Å². The van der Waals surface area contributed by atoms with Crippen LogP contribution in [0.15, 0.2) is 48.5 Å². The van der Waals surface area contributed by atoms with Gasteiger partial charge in [0, 0.05) is 12.6 Å². The molecule has 0 saturated heterocycles. The van der Waals surface area contributed by atoms with E-state index in [2.05, 4.69) is 0 Å². The van der Waals surface area contributed by atoms with Gasteiger partial charge in [-0.2, -0.15) is 0 Å². The lowest BCUT2D eigenvalue weighted by Gasteiger charge is -2.21. The van der Waals surface area contributed by atoms with E-state index in [1.54, 1.807) is 44.5 Å². The van der Waals surface area contributed by atoms with E-state index < -0.39 is 11.9 Å². The SMILES string of the molecule is COc1cccc(C(O)CN(C)C(=O)c2cccc(F)c2)c1. The third-order valence-electron chi connectivity index (χ3n) is 3.34. The minimum absolute atomic E-state index is 0.0997. The predicted octanol–water partition coefficient (Wildman–Crippen LogP) is 2.64. The second-order valence-electron chi connectivity index (χ2n) is 4.99. The number of halogens is 1. The van der Waals surface area contributed by atoms with Gasteiger partial charge in [0.25, 0.3) is 5.91 Å². The molecule has 4 nitrogen and oxygen atoms in total. The molecule has 1 N–H and O–H groups in total. The van der Waals surface area contributed by atoms with Crippen molar-refractivity contribution in [2.75, 3.05) is 20.7 Å². The lowest BCUT2D eigenvalue weighted by Crippen LogP contribution is -2.31. The average Bonchev–Trinajstić information content (AvgIpc) is 2.54. The van der Waals surface area contributed by atoms with Gasteiger partial charge in [-0.25, -0.2) is 4.39 Å². The van der Waals surface area contributed by atoms with Crippen molar-refractivity contribution in [2.24, 2.45) is 0 Å². The second kappa shape index (κ2) is 7.04. The van der Waals surface area contributed by atoms with Gasteiger partial charge in [-0.15, -0.1) is 0 Å². The lowest BCUT2D eigenvalue weighted by atomic mass is 10.1. The van der Waals surface area contributed by atoms with E-state index in [-0.39, 0.29) is 18.0 Å². The molecule has 2 rings (SSSR count). The maximum absolute atomic E-state index is 13.2. The second-order valence-corrected chi connectivity index (χ2v) is 4.99. The first-order valence-corrected chi connectivity index (χ1v) is 6.84. The number of carbonyl (C=O) groups excluding carboxylic acids is 1. The van der Waals surface area contributed by atoms with Gasteiger partial charge >= 0.3 is 0 Å². The molecule has 5 heteroatoms. The molecular weight excluding hydrogens is 285 g/mol. The van der Waals surface area contributed by atoms with Gasteiger partial charge in [0.15, 0.2) is 0 Å². The van der Waals surface area contributed by atoms with Crippen LogP contribution >= 0.6 is 0 Å². The number of aliphatic hydroxyl groups is 1. The van der Waals surface area contributed by atoms with Crippen molar-refractivity contribution in [3.63, 3.8) is 0 Å². The average molecular weight is 303 g/mol. The molecule has 0 fully saturated rings. The fraction of sp³-hybridized carbons (Fsp3) is 0.235. The smallest absolute Gasteiger partial charge is 0.253 e. The summed E-state index contributed by atoms with van der Waals surface area (Å²) < 4.78 is 18.3. The molecule has 0 radical (unpaired) electrons. The fourth-order valence-electron chi connectivity index (χ4n) is 2.14. The summed E-state index contributed by atoms with van der Waals surface area (Å²) in [6.45, 7) is 0.0997. The quantitative estimate of drug-likeness (QED) is 0.924. The Kier molecular flexibility index (Phi) is 5.12. The Bertz CT molecular complexity index is 660. The zero-order valence-electron chi connectivity index (χ0n) is 12.5. The highest BCUT2D eigenvalue weighted by Crippen LogP contribution is 2.20. The molecule has 2 aromatic carbocycles. The summed E-state index contributed by atoms with van der Waals surface area (Å²) in [5.74, 6) is -0.176. The van der Waals surface area contributed by atoms with Gasteiger partial charge < -0.3 is 14.7 Å². The molecule has 22 heavy (non-hydrogen) atoms. The molecule has 0 heterocycles. The summed E-state index contributed by atoms with van der Waals surface area (Å²) in [6, 6.07) is 12.5. The Hall–Kier alpha value is -2.40. The molecule has 0 bridgehead atoms. The molecule has 0 aliphatic heterocycles. The van der Waals surface area contributed by atoms with E-state index in [0.29, 0.717) is 11.3 Å². The number of amides is 1. The Morgan fingerprint density at radius 1 is 1.27 bits per heavy atom. The monoisotopic (exact) mass is 303 g/mol. The van der Waals surface area contributed by atoms with E-state index in [4.69, 9.17) is 4.74 Å². The molecule has 116 valence electrons. The Morgan fingerprint density at radius 2 is 2.00 bits per heavy atom. The number of nitrogens with zero attached hydrogens (tertiary/aromatic N) is 1. The number of rotatable bonds is 5. The van der Waals surface area contributed by atoms with Crippen molar-refractivity contribution >= 4 is 5.91 Å². The van der Waals surface area contributed by atoms with Crippen LogP contribution < -0.4 is 4.74 Å². The molecule has 0 spiro atoms. The predicted molar refractivity (Wildman–Crippen MR) is 81.3 cm³/mol. The number of hydrogen-bond donors (Lipinski definition) is 1. The van der Waals surface area contributed by atoms with Crippen molar-refractivity contribution in [3.05, 3.63) is 65.5 Å². The van der Waals surface area contributed by atoms with Crippen LogP contribution in [-0.4, -0.2) is 36.6 Å². The minimum Gasteiger partial charge on any atom is -0.497 e. The van der Waals surface area contributed by atoms with Crippen molar-refractivity contribution < 1.29 is 19.0 Å². The van der Waals surface area contributed by atoms with Crippen molar-refractivity contribution in [2.45, 2.75) is 6.10 Å². The maximum Gasteiger partial charge on any atom is 0.253 e. The molecule has 1 amide bonds. The van der Waals surface area contributed by atoms with Crippen LogP contribution in [0.5, 0.6) is 5.75 Å². The first-order valence-electron chi connectivity index (χ1n) is 6.84. The first-order chi connectivity index (χ1) is 10.5. The van der Waals surface area contributed by atoms with Crippen LogP contribution in [-0.2, 0) is 0 Å². The fourth-order valence-corrected chi connectivity index (χ4v) is 2.14. The Balaban J connectivity index is 2.07. The van der Waals surface area contributed by atoms with Gasteiger partial charge in [0.2, 0.25) is 0 Å². The van der Waals surface area contributed by atoms with Crippen molar-refractivity contribution in [3.8, 4) is 5.75 Å². The van der Waals surface area contributed by atoms with Gasteiger partial charge in [0.05, 0.1) is 19.8 Å². The van der Waals surface area contributed by atoms with E-state index in [9.17, 15) is 14.3 Å².